The molecule has 1 aromatic carbocycles. The van der Waals surface area contributed by atoms with Gasteiger partial charge in [0.2, 0.25) is 0 Å². The van der Waals surface area contributed by atoms with Crippen LogP contribution in [-0.2, 0) is 6.42 Å². The molecule has 0 heterocycles. The normalized spacial score (nSPS) is 17.7. The summed E-state index contributed by atoms with van der Waals surface area (Å²) in [4.78, 5) is 0. The third kappa shape index (κ3) is 5.07. The molecule has 118 valence electrons. The lowest BCUT2D eigenvalue weighted by Gasteiger charge is -2.34. The van der Waals surface area contributed by atoms with Gasteiger partial charge in [0, 0.05) is 17.1 Å². The molecule has 0 radical (unpaired) electrons. The average Bonchev–Trinajstić information content (AvgIpc) is 3.30. The van der Waals surface area contributed by atoms with Crippen molar-refractivity contribution < 1.29 is 4.39 Å². The molecule has 1 aliphatic rings. The molecule has 1 atom stereocenters. The summed E-state index contributed by atoms with van der Waals surface area (Å²) in [7, 11) is 0. The van der Waals surface area contributed by atoms with Gasteiger partial charge in [0.25, 0.3) is 0 Å². The van der Waals surface area contributed by atoms with Gasteiger partial charge in [-0.1, -0.05) is 42.6 Å². The molecule has 1 N–H and O–H groups in total. The molecule has 2 rings (SSSR count). The Morgan fingerprint density at radius 1 is 1.33 bits per heavy atom. The Morgan fingerprint density at radius 2 is 2.10 bits per heavy atom. The fraction of sp³-hybridized carbons (Fsp3) is 0.667. The topological polar surface area (TPSA) is 12.0 Å². The second kappa shape index (κ2) is 7.73. The number of hydrogen-bond donors (Lipinski definition) is 1. The van der Waals surface area contributed by atoms with Crippen LogP contribution in [0.15, 0.2) is 22.7 Å². The zero-order valence-electron chi connectivity index (χ0n) is 13.2. The molecule has 1 aromatic rings. The van der Waals surface area contributed by atoms with E-state index < -0.39 is 0 Å². The first-order valence-corrected chi connectivity index (χ1v) is 9.05. The summed E-state index contributed by atoms with van der Waals surface area (Å²) in [5.74, 6) is -0.135. The van der Waals surface area contributed by atoms with Crippen molar-refractivity contribution in [3.8, 4) is 0 Å². The monoisotopic (exact) mass is 355 g/mol. The van der Waals surface area contributed by atoms with Gasteiger partial charge in [0.15, 0.2) is 0 Å². The Balaban J connectivity index is 2.13. The maximum atomic E-state index is 13.6. The van der Waals surface area contributed by atoms with E-state index in [0.717, 1.165) is 35.5 Å². The first kappa shape index (κ1) is 17.0. The quantitative estimate of drug-likeness (QED) is 0.619. The lowest BCUT2D eigenvalue weighted by molar-refractivity contribution is 0.227. The van der Waals surface area contributed by atoms with Crippen LogP contribution < -0.4 is 5.32 Å². The molecule has 0 amide bonds. The van der Waals surface area contributed by atoms with E-state index in [1.54, 1.807) is 6.07 Å². The molecule has 1 nitrogen and oxygen atoms in total. The van der Waals surface area contributed by atoms with E-state index in [1.165, 1.54) is 38.2 Å². The predicted molar refractivity (Wildman–Crippen MR) is 91.1 cm³/mol. The highest BCUT2D eigenvalue weighted by Gasteiger charge is 2.31. The molecule has 0 saturated heterocycles. The maximum Gasteiger partial charge on any atom is 0.123 e. The SMILES string of the molecule is CCCCC(CC)(CNC1CC1)Cc1cc(F)ccc1Br. The van der Waals surface area contributed by atoms with Crippen molar-refractivity contribution in [2.24, 2.45) is 5.41 Å². The zero-order chi connectivity index (χ0) is 15.3. The van der Waals surface area contributed by atoms with Crippen LogP contribution in [0.4, 0.5) is 4.39 Å². The number of benzene rings is 1. The molecule has 21 heavy (non-hydrogen) atoms. The Morgan fingerprint density at radius 3 is 2.71 bits per heavy atom. The smallest absolute Gasteiger partial charge is 0.123 e. The molecule has 0 aromatic heterocycles. The van der Waals surface area contributed by atoms with Crippen LogP contribution >= 0.6 is 15.9 Å². The van der Waals surface area contributed by atoms with Crippen LogP contribution in [0.3, 0.4) is 0 Å². The van der Waals surface area contributed by atoms with Crippen LogP contribution in [0.2, 0.25) is 0 Å². The Hall–Kier alpha value is -0.410. The van der Waals surface area contributed by atoms with Crippen LogP contribution in [0, 0.1) is 11.2 Å². The summed E-state index contributed by atoms with van der Waals surface area (Å²) in [6.45, 7) is 5.57. The molecular weight excluding hydrogens is 329 g/mol. The van der Waals surface area contributed by atoms with Gasteiger partial charge in [-0.25, -0.2) is 4.39 Å². The molecule has 1 unspecified atom stereocenters. The van der Waals surface area contributed by atoms with Crippen LogP contribution in [-0.4, -0.2) is 12.6 Å². The largest absolute Gasteiger partial charge is 0.313 e. The van der Waals surface area contributed by atoms with Gasteiger partial charge in [-0.05, 0) is 61.3 Å². The van der Waals surface area contributed by atoms with Crippen molar-refractivity contribution in [2.45, 2.75) is 64.8 Å². The van der Waals surface area contributed by atoms with Crippen molar-refractivity contribution in [2.75, 3.05) is 6.54 Å². The maximum absolute atomic E-state index is 13.6. The molecule has 1 aliphatic carbocycles. The van der Waals surface area contributed by atoms with Gasteiger partial charge in [0.05, 0.1) is 0 Å². The van der Waals surface area contributed by atoms with Gasteiger partial charge in [-0.3, -0.25) is 0 Å². The highest BCUT2D eigenvalue weighted by molar-refractivity contribution is 9.10. The third-order valence-electron chi connectivity index (χ3n) is 4.73. The number of unbranched alkanes of at least 4 members (excludes halogenated alkanes) is 1. The lowest BCUT2D eigenvalue weighted by atomic mass is 9.75. The number of rotatable bonds is 9. The zero-order valence-corrected chi connectivity index (χ0v) is 14.8. The Bertz CT molecular complexity index is 459. The minimum absolute atomic E-state index is 0.135. The van der Waals surface area contributed by atoms with Crippen LogP contribution in [0.25, 0.3) is 0 Å². The lowest BCUT2D eigenvalue weighted by Crippen LogP contribution is -2.37. The number of nitrogens with one attached hydrogen (secondary N) is 1. The van der Waals surface area contributed by atoms with Gasteiger partial charge < -0.3 is 5.32 Å². The van der Waals surface area contributed by atoms with Crippen molar-refractivity contribution >= 4 is 15.9 Å². The highest BCUT2D eigenvalue weighted by atomic mass is 79.9. The van der Waals surface area contributed by atoms with Crippen LogP contribution in [0.1, 0.15) is 57.9 Å². The van der Waals surface area contributed by atoms with E-state index in [4.69, 9.17) is 0 Å². The molecule has 3 heteroatoms. The van der Waals surface area contributed by atoms with E-state index in [2.05, 4.69) is 35.1 Å². The minimum Gasteiger partial charge on any atom is -0.313 e. The summed E-state index contributed by atoms with van der Waals surface area (Å²) >= 11 is 3.59. The molecule has 0 bridgehead atoms. The molecule has 1 saturated carbocycles. The molecule has 0 spiro atoms. The van der Waals surface area contributed by atoms with E-state index in [0.29, 0.717) is 0 Å². The van der Waals surface area contributed by atoms with E-state index in [1.807, 2.05) is 6.07 Å². The summed E-state index contributed by atoms with van der Waals surface area (Å²) in [6, 6.07) is 5.78. The van der Waals surface area contributed by atoms with Gasteiger partial charge in [0.1, 0.15) is 5.82 Å². The van der Waals surface area contributed by atoms with Gasteiger partial charge >= 0.3 is 0 Å². The summed E-state index contributed by atoms with van der Waals surface area (Å²) < 4.78 is 14.6. The van der Waals surface area contributed by atoms with Gasteiger partial charge in [-0.2, -0.15) is 0 Å². The first-order valence-electron chi connectivity index (χ1n) is 8.26. The second-order valence-electron chi connectivity index (χ2n) is 6.52. The fourth-order valence-corrected chi connectivity index (χ4v) is 3.34. The van der Waals surface area contributed by atoms with E-state index in [-0.39, 0.29) is 11.2 Å². The Kier molecular flexibility index (Phi) is 6.24. The van der Waals surface area contributed by atoms with Crippen molar-refractivity contribution in [3.63, 3.8) is 0 Å². The second-order valence-corrected chi connectivity index (χ2v) is 7.38. The molecule has 1 fully saturated rings. The summed E-state index contributed by atoms with van der Waals surface area (Å²) in [5.41, 5.74) is 1.35. The van der Waals surface area contributed by atoms with Gasteiger partial charge in [-0.15, -0.1) is 0 Å². The predicted octanol–water partition coefficient (Wildman–Crippen LogP) is 5.47. The standard InChI is InChI=1S/C18H27BrFN/c1-3-5-10-18(4-2,13-21-16-7-8-16)12-14-11-15(20)6-9-17(14)19/h6,9,11,16,21H,3-5,7-8,10,12-13H2,1-2H3. The average molecular weight is 356 g/mol. The van der Waals surface area contributed by atoms with E-state index >= 15 is 0 Å². The highest BCUT2D eigenvalue weighted by Crippen LogP contribution is 2.36. The Labute approximate surface area is 136 Å². The van der Waals surface area contributed by atoms with Crippen molar-refractivity contribution in [1.29, 1.82) is 0 Å². The number of hydrogen-bond acceptors (Lipinski definition) is 1. The summed E-state index contributed by atoms with van der Waals surface area (Å²) in [5, 5.41) is 3.70. The van der Waals surface area contributed by atoms with Crippen LogP contribution in [0.5, 0.6) is 0 Å². The number of halogens is 2. The summed E-state index contributed by atoms with van der Waals surface area (Å²) in [6.07, 6.45) is 8.39. The fourth-order valence-electron chi connectivity index (χ4n) is 2.95. The third-order valence-corrected chi connectivity index (χ3v) is 5.50. The first-order chi connectivity index (χ1) is 10.1. The van der Waals surface area contributed by atoms with Crippen molar-refractivity contribution in [3.05, 3.63) is 34.1 Å². The molecule has 0 aliphatic heterocycles. The van der Waals surface area contributed by atoms with Crippen molar-refractivity contribution in [1.82, 2.24) is 5.32 Å². The van der Waals surface area contributed by atoms with E-state index in [9.17, 15) is 4.39 Å². The minimum atomic E-state index is -0.135. The molecular formula is C18H27BrFN.